The van der Waals surface area contributed by atoms with Crippen LogP contribution < -0.4 is 10.6 Å². The molecule has 0 aliphatic carbocycles. The topological polar surface area (TPSA) is 51.4 Å². The first-order chi connectivity index (χ1) is 8.08. The van der Waals surface area contributed by atoms with Crippen LogP contribution in [0.3, 0.4) is 0 Å². The Kier molecular flexibility index (Phi) is 5.38. The van der Waals surface area contributed by atoms with E-state index in [0.717, 1.165) is 23.6 Å². The normalized spacial score (nSPS) is 10.9. The molecule has 0 spiro atoms. The van der Waals surface area contributed by atoms with E-state index in [0.29, 0.717) is 19.1 Å². The fourth-order valence-corrected chi connectivity index (χ4v) is 1.55. The second-order valence-corrected chi connectivity index (χ2v) is 4.53. The van der Waals surface area contributed by atoms with Crippen molar-refractivity contribution in [3.05, 3.63) is 23.4 Å². The molecule has 4 nitrogen and oxygen atoms in total. The zero-order valence-electron chi connectivity index (χ0n) is 11.2. The number of hydrogen-bond acceptors (Lipinski definition) is 4. The summed E-state index contributed by atoms with van der Waals surface area (Å²) in [6.45, 7) is 6.35. The zero-order valence-corrected chi connectivity index (χ0v) is 11.2. The van der Waals surface area contributed by atoms with E-state index in [4.69, 9.17) is 10.5 Å². The summed E-state index contributed by atoms with van der Waals surface area (Å²) in [5.41, 5.74) is 7.93. The summed E-state index contributed by atoms with van der Waals surface area (Å²) in [5, 5.41) is 0. The average Bonchev–Trinajstić information content (AvgIpc) is 2.35. The van der Waals surface area contributed by atoms with Crippen molar-refractivity contribution in [2.45, 2.75) is 26.3 Å². The molecular weight excluding hydrogens is 214 g/mol. The number of rotatable bonds is 6. The molecule has 1 heterocycles. The number of hydrogen-bond donors (Lipinski definition) is 1. The highest BCUT2D eigenvalue weighted by molar-refractivity contribution is 5.42. The van der Waals surface area contributed by atoms with Crippen LogP contribution in [-0.4, -0.2) is 32.3 Å². The molecular formula is C13H23N3O. The van der Waals surface area contributed by atoms with Gasteiger partial charge in [-0.25, -0.2) is 4.98 Å². The molecule has 1 aromatic rings. The lowest BCUT2D eigenvalue weighted by molar-refractivity contribution is 0.206. The fraction of sp³-hybridized carbons (Fsp3) is 0.615. The molecule has 0 atom stereocenters. The number of likely N-dealkylation sites (N-methyl/N-ethyl adjacent to an activating group) is 1. The standard InChI is InChI=1S/C13H23N3O/c1-10(2)12-7-11(9-14)8-13(15-12)16(3)5-6-17-4/h7-8,10H,5-6,9,14H2,1-4H3. The van der Waals surface area contributed by atoms with E-state index in [-0.39, 0.29) is 0 Å². The fourth-order valence-electron chi connectivity index (χ4n) is 1.55. The Hall–Kier alpha value is -1.13. The van der Waals surface area contributed by atoms with Crippen LogP contribution in [0.25, 0.3) is 0 Å². The van der Waals surface area contributed by atoms with Crippen molar-refractivity contribution in [1.82, 2.24) is 4.98 Å². The lowest BCUT2D eigenvalue weighted by Crippen LogP contribution is -2.23. The van der Waals surface area contributed by atoms with E-state index >= 15 is 0 Å². The first-order valence-corrected chi connectivity index (χ1v) is 5.99. The molecule has 1 rings (SSSR count). The molecule has 17 heavy (non-hydrogen) atoms. The van der Waals surface area contributed by atoms with Crippen LogP contribution in [0.5, 0.6) is 0 Å². The van der Waals surface area contributed by atoms with Crippen LogP contribution in [0.1, 0.15) is 31.0 Å². The summed E-state index contributed by atoms with van der Waals surface area (Å²) in [5.74, 6) is 1.38. The number of anilines is 1. The molecule has 0 aliphatic rings. The van der Waals surface area contributed by atoms with E-state index in [2.05, 4.69) is 29.8 Å². The van der Waals surface area contributed by atoms with E-state index in [1.54, 1.807) is 7.11 Å². The predicted octanol–water partition coefficient (Wildman–Crippen LogP) is 1.75. The predicted molar refractivity (Wildman–Crippen MR) is 71.4 cm³/mol. The summed E-state index contributed by atoms with van der Waals surface area (Å²) in [6, 6.07) is 4.12. The lowest BCUT2D eigenvalue weighted by Gasteiger charge is -2.20. The van der Waals surface area contributed by atoms with Gasteiger partial charge in [0.15, 0.2) is 0 Å². The largest absolute Gasteiger partial charge is 0.383 e. The molecule has 2 N–H and O–H groups in total. The Balaban J connectivity index is 2.93. The monoisotopic (exact) mass is 237 g/mol. The van der Waals surface area contributed by atoms with Gasteiger partial charge in [-0.2, -0.15) is 0 Å². The van der Waals surface area contributed by atoms with Gasteiger partial charge in [-0.1, -0.05) is 13.8 Å². The first kappa shape index (κ1) is 13.9. The van der Waals surface area contributed by atoms with Crippen molar-refractivity contribution in [3.63, 3.8) is 0 Å². The smallest absolute Gasteiger partial charge is 0.128 e. The van der Waals surface area contributed by atoms with Gasteiger partial charge in [-0.05, 0) is 23.6 Å². The minimum absolute atomic E-state index is 0.413. The van der Waals surface area contributed by atoms with Crippen LogP contribution in [-0.2, 0) is 11.3 Å². The third-order valence-corrected chi connectivity index (χ3v) is 2.74. The van der Waals surface area contributed by atoms with Crippen LogP contribution in [0.4, 0.5) is 5.82 Å². The average molecular weight is 237 g/mol. The maximum atomic E-state index is 5.72. The minimum atomic E-state index is 0.413. The molecule has 0 aliphatic heterocycles. The summed E-state index contributed by atoms with van der Waals surface area (Å²) >= 11 is 0. The number of pyridine rings is 1. The second-order valence-electron chi connectivity index (χ2n) is 4.53. The van der Waals surface area contributed by atoms with Crippen molar-refractivity contribution in [2.24, 2.45) is 5.73 Å². The molecule has 0 fully saturated rings. The molecule has 96 valence electrons. The number of ether oxygens (including phenoxy) is 1. The highest BCUT2D eigenvalue weighted by atomic mass is 16.5. The number of nitrogens with two attached hydrogens (primary N) is 1. The van der Waals surface area contributed by atoms with Crippen molar-refractivity contribution in [1.29, 1.82) is 0 Å². The molecule has 0 radical (unpaired) electrons. The number of aromatic nitrogens is 1. The molecule has 0 amide bonds. The van der Waals surface area contributed by atoms with Gasteiger partial charge in [0, 0.05) is 32.9 Å². The maximum absolute atomic E-state index is 5.72. The summed E-state index contributed by atoms with van der Waals surface area (Å²) in [4.78, 5) is 6.74. The van der Waals surface area contributed by atoms with Gasteiger partial charge in [0.05, 0.1) is 6.61 Å². The van der Waals surface area contributed by atoms with Gasteiger partial charge < -0.3 is 15.4 Å². The lowest BCUT2D eigenvalue weighted by atomic mass is 10.1. The van der Waals surface area contributed by atoms with Gasteiger partial charge >= 0.3 is 0 Å². The first-order valence-electron chi connectivity index (χ1n) is 5.99. The van der Waals surface area contributed by atoms with Gasteiger partial charge in [-0.3, -0.25) is 0 Å². The third-order valence-electron chi connectivity index (χ3n) is 2.74. The number of nitrogens with zero attached hydrogens (tertiary/aromatic N) is 2. The van der Waals surface area contributed by atoms with Gasteiger partial charge in [-0.15, -0.1) is 0 Å². The Morgan fingerprint density at radius 1 is 1.41 bits per heavy atom. The number of methoxy groups -OCH3 is 1. The van der Waals surface area contributed by atoms with Crippen LogP contribution in [0.15, 0.2) is 12.1 Å². The van der Waals surface area contributed by atoms with Crippen LogP contribution in [0.2, 0.25) is 0 Å². The van der Waals surface area contributed by atoms with Gasteiger partial charge in [0.2, 0.25) is 0 Å². The van der Waals surface area contributed by atoms with Gasteiger partial charge in [0.1, 0.15) is 5.82 Å². The SMILES string of the molecule is COCCN(C)c1cc(CN)cc(C(C)C)n1. The Labute approximate surface area is 104 Å². The Morgan fingerprint density at radius 3 is 2.65 bits per heavy atom. The van der Waals surface area contributed by atoms with E-state index < -0.39 is 0 Å². The summed E-state index contributed by atoms with van der Waals surface area (Å²) in [7, 11) is 3.73. The van der Waals surface area contributed by atoms with E-state index in [9.17, 15) is 0 Å². The highest BCUT2D eigenvalue weighted by Gasteiger charge is 2.08. The van der Waals surface area contributed by atoms with Crippen molar-refractivity contribution in [3.8, 4) is 0 Å². The second kappa shape index (κ2) is 6.57. The van der Waals surface area contributed by atoms with Crippen molar-refractivity contribution >= 4 is 5.82 Å². The molecule has 4 heteroatoms. The summed E-state index contributed by atoms with van der Waals surface area (Å²) < 4.78 is 5.07. The molecule has 0 saturated heterocycles. The molecule has 0 unspecified atom stereocenters. The third kappa shape index (κ3) is 3.98. The Bertz CT molecular complexity index is 353. The zero-order chi connectivity index (χ0) is 12.8. The van der Waals surface area contributed by atoms with E-state index in [1.807, 2.05) is 13.1 Å². The molecule has 0 aromatic carbocycles. The molecule has 0 saturated carbocycles. The minimum Gasteiger partial charge on any atom is -0.383 e. The maximum Gasteiger partial charge on any atom is 0.128 e. The van der Waals surface area contributed by atoms with Crippen LogP contribution in [0, 0.1) is 0 Å². The van der Waals surface area contributed by atoms with E-state index in [1.165, 1.54) is 0 Å². The highest BCUT2D eigenvalue weighted by Crippen LogP contribution is 2.19. The van der Waals surface area contributed by atoms with Crippen molar-refractivity contribution in [2.75, 3.05) is 32.2 Å². The van der Waals surface area contributed by atoms with Gasteiger partial charge in [0.25, 0.3) is 0 Å². The Morgan fingerprint density at radius 2 is 2.12 bits per heavy atom. The molecule has 0 bridgehead atoms. The van der Waals surface area contributed by atoms with Crippen molar-refractivity contribution < 1.29 is 4.74 Å². The quantitative estimate of drug-likeness (QED) is 0.819. The summed E-state index contributed by atoms with van der Waals surface area (Å²) in [6.07, 6.45) is 0. The molecule has 1 aromatic heterocycles. The van der Waals surface area contributed by atoms with Crippen LogP contribution >= 0.6 is 0 Å².